The standard InChI is InChI=1S/C9H8BrFO3S/c1-15(13,14)5-8(12)9-6(10)3-2-4-7(9)11/h2-4H,5H2,1H3. The highest BCUT2D eigenvalue weighted by Crippen LogP contribution is 2.20. The van der Waals surface area contributed by atoms with Crippen molar-refractivity contribution in [2.45, 2.75) is 0 Å². The zero-order valence-corrected chi connectivity index (χ0v) is 10.2. The molecule has 0 aliphatic carbocycles. The van der Waals surface area contributed by atoms with Gasteiger partial charge in [0, 0.05) is 10.7 Å². The number of benzene rings is 1. The van der Waals surface area contributed by atoms with Crippen LogP contribution in [0, 0.1) is 5.82 Å². The predicted molar refractivity (Wildman–Crippen MR) is 58.1 cm³/mol. The Morgan fingerprint density at radius 3 is 2.53 bits per heavy atom. The van der Waals surface area contributed by atoms with E-state index in [0.29, 0.717) is 0 Å². The smallest absolute Gasteiger partial charge is 0.181 e. The first-order valence-corrected chi connectivity index (χ1v) is 6.81. The molecular weight excluding hydrogens is 287 g/mol. The van der Waals surface area contributed by atoms with E-state index in [1.54, 1.807) is 0 Å². The van der Waals surface area contributed by atoms with E-state index >= 15 is 0 Å². The summed E-state index contributed by atoms with van der Waals surface area (Å²) in [5, 5.41) is 0. The van der Waals surface area contributed by atoms with Gasteiger partial charge in [-0.25, -0.2) is 12.8 Å². The number of hydrogen-bond acceptors (Lipinski definition) is 3. The highest BCUT2D eigenvalue weighted by atomic mass is 79.9. The van der Waals surface area contributed by atoms with Crippen molar-refractivity contribution in [1.29, 1.82) is 0 Å². The third kappa shape index (κ3) is 3.39. The summed E-state index contributed by atoms with van der Waals surface area (Å²) in [6, 6.07) is 4.02. The van der Waals surface area contributed by atoms with Crippen LogP contribution in [-0.2, 0) is 9.84 Å². The average molecular weight is 295 g/mol. The van der Waals surface area contributed by atoms with Crippen molar-refractivity contribution in [2.75, 3.05) is 12.0 Å². The van der Waals surface area contributed by atoms with Crippen LogP contribution in [0.3, 0.4) is 0 Å². The van der Waals surface area contributed by atoms with Crippen LogP contribution >= 0.6 is 15.9 Å². The summed E-state index contributed by atoms with van der Waals surface area (Å²) in [5.41, 5.74) is -0.220. The van der Waals surface area contributed by atoms with Gasteiger partial charge in [-0.2, -0.15) is 0 Å². The van der Waals surface area contributed by atoms with Crippen molar-refractivity contribution in [2.24, 2.45) is 0 Å². The maximum absolute atomic E-state index is 13.2. The summed E-state index contributed by atoms with van der Waals surface area (Å²) in [5.74, 6) is -2.16. The molecule has 15 heavy (non-hydrogen) atoms. The lowest BCUT2D eigenvalue weighted by Crippen LogP contribution is -2.16. The Balaban J connectivity index is 3.12. The molecule has 0 saturated carbocycles. The second-order valence-corrected chi connectivity index (χ2v) is 6.08. The molecule has 0 fully saturated rings. The zero-order chi connectivity index (χ0) is 11.6. The van der Waals surface area contributed by atoms with Gasteiger partial charge in [0.2, 0.25) is 0 Å². The highest BCUT2D eigenvalue weighted by Gasteiger charge is 2.19. The molecule has 0 aliphatic rings. The van der Waals surface area contributed by atoms with Crippen molar-refractivity contribution in [3.05, 3.63) is 34.1 Å². The molecule has 0 unspecified atom stereocenters. The Morgan fingerprint density at radius 2 is 2.07 bits per heavy atom. The van der Waals surface area contributed by atoms with Gasteiger partial charge in [0.05, 0.1) is 5.56 Å². The van der Waals surface area contributed by atoms with E-state index < -0.39 is 27.2 Å². The number of hydrogen-bond donors (Lipinski definition) is 0. The van der Waals surface area contributed by atoms with Crippen LogP contribution in [0.1, 0.15) is 10.4 Å². The van der Waals surface area contributed by atoms with Crippen LogP contribution in [0.4, 0.5) is 4.39 Å². The molecule has 0 bridgehead atoms. The van der Waals surface area contributed by atoms with Gasteiger partial charge in [-0.15, -0.1) is 0 Å². The van der Waals surface area contributed by atoms with Crippen molar-refractivity contribution in [3.8, 4) is 0 Å². The fraction of sp³-hybridized carbons (Fsp3) is 0.222. The molecule has 0 radical (unpaired) electrons. The largest absolute Gasteiger partial charge is 0.293 e. The summed E-state index contributed by atoms with van der Waals surface area (Å²) in [4.78, 5) is 11.5. The first-order chi connectivity index (χ1) is 6.81. The van der Waals surface area contributed by atoms with Crippen molar-refractivity contribution in [3.63, 3.8) is 0 Å². The number of carbonyl (C=O) groups is 1. The first kappa shape index (κ1) is 12.3. The number of sulfone groups is 1. The SMILES string of the molecule is CS(=O)(=O)CC(=O)c1c(F)cccc1Br. The lowest BCUT2D eigenvalue weighted by Gasteiger charge is -2.03. The van der Waals surface area contributed by atoms with Gasteiger partial charge in [0.25, 0.3) is 0 Å². The summed E-state index contributed by atoms with van der Waals surface area (Å²) in [7, 11) is -3.44. The molecule has 0 atom stereocenters. The maximum atomic E-state index is 13.2. The predicted octanol–water partition coefficient (Wildman–Crippen LogP) is 1.82. The van der Waals surface area contributed by atoms with Gasteiger partial charge in [-0.1, -0.05) is 6.07 Å². The van der Waals surface area contributed by atoms with Gasteiger partial charge >= 0.3 is 0 Å². The Labute approximate surface area is 95.3 Å². The van der Waals surface area contributed by atoms with E-state index in [1.807, 2.05) is 0 Å². The molecule has 0 aromatic heterocycles. The van der Waals surface area contributed by atoms with Crippen LogP contribution in [0.2, 0.25) is 0 Å². The molecule has 0 saturated heterocycles. The molecule has 1 aromatic carbocycles. The molecule has 6 heteroatoms. The Bertz CT molecular complexity index is 476. The molecule has 0 amide bonds. The Hall–Kier alpha value is -0.750. The lowest BCUT2D eigenvalue weighted by atomic mass is 10.1. The minimum Gasteiger partial charge on any atom is -0.293 e. The molecule has 82 valence electrons. The molecule has 1 aromatic rings. The fourth-order valence-electron chi connectivity index (χ4n) is 1.07. The first-order valence-electron chi connectivity index (χ1n) is 3.96. The van der Waals surface area contributed by atoms with Crippen LogP contribution < -0.4 is 0 Å². The third-order valence-electron chi connectivity index (χ3n) is 1.63. The van der Waals surface area contributed by atoms with Gasteiger partial charge in [-0.3, -0.25) is 4.79 Å². The van der Waals surface area contributed by atoms with Crippen LogP contribution in [-0.4, -0.2) is 26.2 Å². The summed E-state index contributed by atoms with van der Waals surface area (Å²) < 4.78 is 35.2. The molecule has 0 N–H and O–H groups in total. The van der Waals surface area contributed by atoms with E-state index in [-0.39, 0.29) is 10.0 Å². The van der Waals surface area contributed by atoms with E-state index in [4.69, 9.17) is 0 Å². The quantitative estimate of drug-likeness (QED) is 0.799. The monoisotopic (exact) mass is 294 g/mol. The second kappa shape index (κ2) is 4.40. The molecule has 0 spiro atoms. The average Bonchev–Trinajstić information content (AvgIpc) is 1.99. The lowest BCUT2D eigenvalue weighted by molar-refractivity contribution is 0.101. The molecule has 1 rings (SSSR count). The Morgan fingerprint density at radius 1 is 1.47 bits per heavy atom. The highest BCUT2D eigenvalue weighted by molar-refractivity contribution is 9.10. The van der Waals surface area contributed by atoms with Gasteiger partial charge in [-0.05, 0) is 28.1 Å². The van der Waals surface area contributed by atoms with E-state index in [9.17, 15) is 17.6 Å². The van der Waals surface area contributed by atoms with Crippen LogP contribution in [0.25, 0.3) is 0 Å². The second-order valence-electron chi connectivity index (χ2n) is 3.09. The van der Waals surface area contributed by atoms with Crippen molar-refractivity contribution < 1.29 is 17.6 Å². The van der Waals surface area contributed by atoms with Gasteiger partial charge in [0.15, 0.2) is 15.6 Å². The number of carbonyl (C=O) groups excluding carboxylic acids is 1. The molecule has 3 nitrogen and oxygen atoms in total. The number of Topliss-reactive ketones (excluding diaryl/α,β-unsaturated/α-hetero) is 1. The van der Waals surface area contributed by atoms with E-state index in [1.165, 1.54) is 12.1 Å². The number of rotatable bonds is 3. The maximum Gasteiger partial charge on any atom is 0.181 e. The van der Waals surface area contributed by atoms with E-state index in [0.717, 1.165) is 12.3 Å². The topological polar surface area (TPSA) is 51.2 Å². The normalized spacial score (nSPS) is 11.4. The molecule has 0 aliphatic heterocycles. The van der Waals surface area contributed by atoms with Crippen LogP contribution in [0.5, 0.6) is 0 Å². The molecular formula is C9H8BrFO3S. The van der Waals surface area contributed by atoms with E-state index in [2.05, 4.69) is 15.9 Å². The van der Waals surface area contributed by atoms with Crippen molar-refractivity contribution in [1.82, 2.24) is 0 Å². The minimum atomic E-state index is -3.44. The molecule has 0 heterocycles. The zero-order valence-electron chi connectivity index (χ0n) is 7.83. The van der Waals surface area contributed by atoms with Gasteiger partial charge in [0.1, 0.15) is 11.6 Å². The number of ketones is 1. The van der Waals surface area contributed by atoms with Crippen molar-refractivity contribution >= 4 is 31.6 Å². The number of halogens is 2. The van der Waals surface area contributed by atoms with Gasteiger partial charge < -0.3 is 0 Å². The minimum absolute atomic E-state index is 0.220. The summed E-state index contributed by atoms with van der Waals surface area (Å²) >= 11 is 3.00. The van der Waals surface area contributed by atoms with Crippen LogP contribution in [0.15, 0.2) is 22.7 Å². The summed E-state index contributed by atoms with van der Waals surface area (Å²) in [6.45, 7) is 0. The summed E-state index contributed by atoms with van der Waals surface area (Å²) in [6.07, 6.45) is 0.930. The Kier molecular flexibility index (Phi) is 3.62. The third-order valence-corrected chi connectivity index (χ3v) is 3.08. The fourth-order valence-corrected chi connectivity index (χ4v) is 2.26.